The summed E-state index contributed by atoms with van der Waals surface area (Å²) >= 11 is 0. The topological polar surface area (TPSA) is 46.6 Å². The molecule has 0 saturated carbocycles. The van der Waals surface area contributed by atoms with Gasteiger partial charge in [-0.25, -0.2) is 13.7 Å². The number of anilines is 1. The van der Waals surface area contributed by atoms with Crippen LogP contribution in [0.3, 0.4) is 0 Å². The van der Waals surface area contributed by atoms with Gasteiger partial charge in [0.2, 0.25) is 11.8 Å². The largest absolute Gasteiger partial charge is 0.497 e. The van der Waals surface area contributed by atoms with Gasteiger partial charge in [-0.05, 0) is 29.8 Å². The van der Waals surface area contributed by atoms with E-state index in [1.165, 1.54) is 0 Å². The Bertz CT molecular complexity index is 771. The first-order valence-electron chi connectivity index (χ1n) is 7.44. The third-order valence-corrected chi connectivity index (χ3v) is 4.08. The molecule has 0 aliphatic carbocycles. The molecule has 0 aromatic heterocycles. The van der Waals surface area contributed by atoms with Crippen molar-refractivity contribution in [3.05, 3.63) is 59.7 Å². The van der Waals surface area contributed by atoms with E-state index >= 15 is 0 Å². The van der Waals surface area contributed by atoms with Crippen molar-refractivity contribution < 1.29 is 23.1 Å². The summed E-state index contributed by atoms with van der Waals surface area (Å²) in [4.78, 5) is 25.5. The van der Waals surface area contributed by atoms with Crippen molar-refractivity contribution in [2.24, 2.45) is 0 Å². The SMILES string of the molecule is COc1ccc(C2CC(=O)N(c3ccc(F)cc3F)C(=O)C2)cc1. The fraction of sp³-hybridized carbons (Fsp3) is 0.222. The van der Waals surface area contributed by atoms with Crippen LogP contribution in [-0.2, 0) is 9.59 Å². The lowest BCUT2D eigenvalue weighted by molar-refractivity contribution is -0.129. The summed E-state index contributed by atoms with van der Waals surface area (Å²) in [5, 5.41) is 0. The van der Waals surface area contributed by atoms with Gasteiger partial charge in [0.25, 0.3) is 0 Å². The summed E-state index contributed by atoms with van der Waals surface area (Å²) in [7, 11) is 1.55. The molecule has 0 radical (unpaired) electrons. The normalized spacial score (nSPS) is 15.7. The van der Waals surface area contributed by atoms with Crippen molar-refractivity contribution in [2.75, 3.05) is 12.0 Å². The molecule has 6 heteroatoms. The van der Waals surface area contributed by atoms with Crippen molar-refractivity contribution in [1.82, 2.24) is 0 Å². The van der Waals surface area contributed by atoms with Crippen molar-refractivity contribution in [2.45, 2.75) is 18.8 Å². The number of amides is 2. The average Bonchev–Trinajstić information content (AvgIpc) is 2.56. The van der Waals surface area contributed by atoms with Crippen molar-refractivity contribution >= 4 is 17.5 Å². The lowest BCUT2D eigenvalue weighted by Gasteiger charge is -2.30. The maximum absolute atomic E-state index is 13.9. The van der Waals surface area contributed by atoms with Crippen molar-refractivity contribution in [3.63, 3.8) is 0 Å². The van der Waals surface area contributed by atoms with E-state index in [9.17, 15) is 18.4 Å². The van der Waals surface area contributed by atoms with Crippen LogP contribution >= 0.6 is 0 Å². The van der Waals surface area contributed by atoms with Gasteiger partial charge in [0.15, 0.2) is 0 Å². The van der Waals surface area contributed by atoms with Gasteiger partial charge in [0.05, 0.1) is 12.8 Å². The second-order valence-electron chi connectivity index (χ2n) is 5.60. The minimum Gasteiger partial charge on any atom is -0.497 e. The first-order chi connectivity index (χ1) is 11.5. The number of carbonyl (C=O) groups excluding carboxylic acids is 2. The van der Waals surface area contributed by atoms with Crippen LogP contribution in [0.5, 0.6) is 5.75 Å². The first-order valence-corrected chi connectivity index (χ1v) is 7.44. The number of imide groups is 1. The van der Waals surface area contributed by atoms with E-state index in [0.29, 0.717) is 11.8 Å². The summed E-state index contributed by atoms with van der Waals surface area (Å²) in [6, 6.07) is 9.91. The summed E-state index contributed by atoms with van der Waals surface area (Å²) in [6.45, 7) is 0. The lowest BCUT2D eigenvalue weighted by atomic mass is 9.88. The Kier molecular flexibility index (Phi) is 4.29. The molecule has 1 aliphatic rings. The van der Waals surface area contributed by atoms with Crippen LogP contribution in [0.4, 0.5) is 14.5 Å². The molecule has 2 aromatic carbocycles. The Labute approximate surface area is 137 Å². The number of carbonyl (C=O) groups is 2. The van der Waals surface area contributed by atoms with Gasteiger partial charge >= 0.3 is 0 Å². The minimum atomic E-state index is -0.931. The molecule has 0 unspecified atom stereocenters. The Balaban J connectivity index is 1.83. The van der Waals surface area contributed by atoms with Gasteiger partial charge in [0.1, 0.15) is 17.4 Å². The Hall–Kier alpha value is -2.76. The number of benzene rings is 2. The van der Waals surface area contributed by atoms with Crippen LogP contribution in [-0.4, -0.2) is 18.9 Å². The molecule has 2 aromatic rings. The molecule has 1 aliphatic heterocycles. The number of piperidine rings is 1. The Morgan fingerprint density at radius 1 is 1.00 bits per heavy atom. The minimum absolute atomic E-state index is 0.0783. The molecule has 1 saturated heterocycles. The van der Waals surface area contributed by atoms with E-state index in [4.69, 9.17) is 4.74 Å². The smallest absolute Gasteiger partial charge is 0.234 e. The number of hydrogen-bond donors (Lipinski definition) is 0. The van der Waals surface area contributed by atoms with Crippen molar-refractivity contribution in [3.8, 4) is 5.75 Å². The molecule has 0 bridgehead atoms. The van der Waals surface area contributed by atoms with E-state index in [1.54, 1.807) is 31.4 Å². The van der Waals surface area contributed by atoms with Crippen LogP contribution in [0.15, 0.2) is 42.5 Å². The van der Waals surface area contributed by atoms with Crippen LogP contribution in [0.2, 0.25) is 0 Å². The highest BCUT2D eigenvalue weighted by molar-refractivity contribution is 6.17. The molecule has 1 heterocycles. The van der Waals surface area contributed by atoms with Gasteiger partial charge in [-0.1, -0.05) is 12.1 Å². The maximum Gasteiger partial charge on any atom is 0.234 e. The van der Waals surface area contributed by atoms with Gasteiger partial charge in [-0.2, -0.15) is 0 Å². The number of nitrogens with zero attached hydrogens (tertiary/aromatic N) is 1. The fourth-order valence-corrected chi connectivity index (χ4v) is 2.86. The van der Waals surface area contributed by atoms with Gasteiger partial charge < -0.3 is 4.74 Å². The van der Waals surface area contributed by atoms with Gasteiger partial charge in [-0.3, -0.25) is 9.59 Å². The molecule has 4 nitrogen and oxygen atoms in total. The zero-order valence-corrected chi connectivity index (χ0v) is 13.0. The molecule has 0 spiro atoms. The number of hydrogen-bond acceptors (Lipinski definition) is 3. The van der Waals surface area contributed by atoms with Crippen LogP contribution < -0.4 is 9.64 Å². The highest BCUT2D eigenvalue weighted by Crippen LogP contribution is 2.33. The zero-order chi connectivity index (χ0) is 17.3. The van der Waals surface area contributed by atoms with E-state index in [-0.39, 0.29) is 24.4 Å². The third-order valence-electron chi connectivity index (χ3n) is 4.08. The summed E-state index contributed by atoms with van der Waals surface area (Å²) in [5.74, 6) is -2.28. The highest BCUT2D eigenvalue weighted by atomic mass is 19.1. The highest BCUT2D eigenvalue weighted by Gasteiger charge is 2.35. The van der Waals surface area contributed by atoms with Crippen LogP contribution in [0.1, 0.15) is 24.3 Å². The molecular weight excluding hydrogens is 316 g/mol. The monoisotopic (exact) mass is 331 g/mol. The van der Waals surface area contributed by atoms with Crippen molar-refractivity contribution in [1.29, 1.82) is 0 Å². The predicted molar refractivity (Wildman–Crippen MR) is 83.8 cm³/mol. The molecule has 124 valence electrons. The second-order valence-corrected chi connectivity index (χ2v) is 5.60. The lowest BCUT2D eigenvalue weighted by Crippen LogP contribution is -2.43. The van der Waals surface area contributed by atoms with E-state index < -0.39 is 23.4 Å². The molecule has 0 atom stereocenters. The maximum atomic E-state index is 13.9. The molecule has 2 amide bonds. The Morgan fingerprint density at radius 2 is 1.62 bits per heavy atom. The quantitative estimate of drug-likeness (QED) is 0.810. The standard InChI is InChI=1S/C18H15F2NO3/c1-24-14-5-2-11(3-6-14)12-8-17(22)21(18(23)9-12)16-7-4-13(19)10-15(16)20/h2-7,10,12H,8-9H2,1H3. The average molecular weight is 331 g/mol. The summed E-state index contributed by atoms with van der Waals surface area (Å²) in [5.41, 5.74) is 0.635. The third kappa shape index (κ3) is 2.99. The van der Waals surface area contributed by atoms with Gasteiger partial charge in [-0.15, -0.1) is 0 Å². The number of ether oxygens (including phenoxy) is 1. The molecule has 1 fully saturated rings. The number of methoxy groups -OCH3 is 1. The van der Waals surface area contributed by atoms with E-state index in [1.807, 2.05) is 0 Å². The van der Waals surface area contributed by atoms with E-state index in [0.717, 1.165) is 22.6 Å². The summed E-state index contributed by atoms with van der Waals surface area (Å²) in [6.07, 6.45) is 0.157. The fourth-order valence-electron chi connectivity index (χ4n) is 2.86. The molecular formula is C18H15F2NO3. The molecule has 24 heavy (non-hydrogen) atoms. The van der Waals surface area contributed by atoms with Crippen LogP contribution in [0, 0.1) is 11.6 Å². The molecule has 0 N–H and O–H groups in total. The second kappa shape index (κ2) is 6.39. The summed E-state index contributed by atoms with van der Waals surface area (Å²) < 4.78 is 32.0. The first kappa shape index (κ1) is 16.1. The van der Waals surface area contributed by atoms with E-state index in [2.05, 4.69) is 0 Å². The predicted octanol–water partition coefficient (Wildman–Crippen LogP) is 3.41. The Morgan fingerprint density at radius 3 is 2.17 bits per heavy atom. The number of halogens is 2. The molecule has 3 rings (SSSR count). The number of rotatable bonds is 3. The van der Waals surface area contributed by atoms with Gasteiger partial charge in [0, 0.05) is 24.8 Å². The zero-order valence-electron chi connectivity index (χ0n) is 13.0. The van der Waals surface area contributed by atoms with Crippen LogP contribution in [0.25, 0.3) is 0 Å².